The molecular formula is C10H14N2O5. The summed E-state index contributed by atoms with van der Waals surface area (Å²) >= 11 is 0. The predicted octanol–water partition coefficient (Wildman–Crippen LogP) is -1.51. The Bertz CT molecular complexity index is 520. The SMILES string of the molecule is Cc1cn([C@H]2C[C@H](O)C(CO)O2)c(=O)[nH]c1=O. The van der Waals surface area contributed by atoms with Crippen LogP contribution in [0.4, 0.5) is 0 Å². The molecule has 7 heteroatoms. The van der Waals surface area contributed by atoms with E-state index in [2.05, 4.69) is 4.98 Å². The van der Waals surface area contributed by atoms with Crippen molar-refractivity contribution in [1.82, 2.24) is 9.55 Å². The highest BCUT2D eigenvalue weighted by Gasteiger charge is 2.34. The lowest BCUT2D eigenvalue weighted by molar-refractivity contribution is -0.0459. The Labute approximate surface area is 96.3 Å². The van der Waals surface area contributed by atoms with Crippen LogP contribution in [-0.2, 0) is 4.74 Å². The van der Waals surface area contributed by atoms with E-state index in [9.17, 15) is 14.7 Å². The first kappa shape index (κ1) is 12.0. The number of hydrogen-bond acceptors (Lipinski definition) is 5. The molecule has 0 spiro atoms. The number of nitrogens with one attached hydrogen (secondary N) is 1. The van der Waals surface area contributed by atoms with Gasteiger partial charge in [-0.1, -0.05) is 0 Å². The molecule has 0 aromatic carbocycles. The smallest absolute Gasteiger partial charge is 0.330 e. The molecule has 1 unspecified atom stereocenters. The van der Waals surface area contributed by atoms with Crippen molar-refractivity contribution >= 4 is 0 Å². The first-order valence-electron chi connectivity index (χ1n) is 5.29. The van der Waals surface area contributed by atoms with Gasteiger partial charge in [-0.2, -0.15) is 0 Å². The number of aliphatic hydroxyl groups is 2. The fourth-order valence-corrected chi connectivity index (χ4v) is 1.85. The molecule has 1 saturated heterocycles. The van der Waals surface area contributed by atoms with E-state index in [-0.39, 0.29) is 13.0 Å². The summed E-state index contributed by atoms with van der Waals surface area (Å²) in [6, 6.07) is 0. The van der Waals surface area contributed by atoms with Gasteiger partial charge in [0.25, 0.3) is 5.56 Å². The molecule has 2 rings (SSSR count). The fraction of sp³-hybridized carbons (Fsp3) is 0.600. The van der Waals surface area contributed by atoms with Crippen LogP contribution in [-0.4, -0.2) is 38.6 Å². The number of aromatic nitrogens is 2. The second-order valence-electron chi connectivity index (χ2n) is 4.09. The number of aromatic amines is 1. The first-order valence-corrected chi connectivity index (χ1v) is 5.29. The van der Waals surface area contributed by atoms with Crippen LogP contribution in [0.3, 0.4) is 0 Å². The second-order valence-corrected chi connectivity index (χ2v) is 4.09. The largest absolute Gasteiger partial charge is 0.394 e. The van der Waals surface area contributed by atoms with Crippen molar-refractivity contribution < 1.29 is 14.9 Å². The quantitative estimate of drug-likeness (QED) is 0.584. The molecule has 0 aliphatic carbocycles. The highest BCUT2D eigenvalue weighted by atomic mass is 16.5. The van der Waals surface area contributed by atoms with E-state index < -0.39 is 29.7 Å². The summed E-state index contributed by atoms with van der Waals surface area (Å²) < 4.78 is 6.54. The average Bonchev–Trinajstić information content (AvgIpc) is 2.65. The third-order valence-corrected chi connectivity index (χ3v) is 2.84. The van der Waals surface area contributed by atoms with Gasteiger partial charge in [0.2, 0.25) is 0 Å². The lowest BCUT2D eigenvalue weighted by atomic mass is 10.2. The molecule has 1 fully saturated rings. The third-order valence-electron chi connectivity index (χ3n) is 2.84. The molecule has 0 radical (unpaired) electrons. The summed E-state index contributed by atoms with van der Waals surface area (Å²) in [6.45, 7) is 1.26. The Morgan fingerprint density at radius 3 is 2.88 bits per heavy atom. The van der Waals surface area contributed by atoms with Crippen LogP contribution in [0, 0.1) is 6.92 Å². The molecule has 1 aliphatic rings. The van der Waals surface area contributed by atoms with Crippen LogP contribution >= 0.6 is 0 Å². The van der Waals surface area contributed by atoms with Gasteiger partial charge in [-0.25, -0.2) is 4.79 Å². The molecule has 0 bridgehead atoms. The van der Waals surface area contributed by atoms with E-state index in [1.165, 1.54) is 10.8 Å². The first-order chi connectivity index (χ1) is 8.02. The Balaban J connectivity index is 2.34. The van der Waals surface area contributed by atoms with E-state index in [0.29, 0.717) is 5.56 Å². The van der Waals surface area contributed by atoms with Crippen LogP contribution in [0.25, 0.3) is 0 Å². The van der Waals surface area contributed by atoms with E-state index in [0.717, 1.165) is 0 Å². The van der Waals surface area contributed by atoms with Crippen LogP contribution in [0.2, 0.25) is 0 Å². The van der Waals surface area contributed by atoms with Gasteiger partial charge in [-0.05, 0) is 6.92 Å². The van der Waals surface area contributed by atoms with Crippen LogP contribution in [0.15, 0.2) is 15.8 Å². The van der Waals surface area contributed by atoms with Gasteiger partial charge in [0.1, 0.15) is 12.3 Å². The normalized spacial score (nSPS) is 28.5. The average molecular weight is 242 g/mol. The van der Waals surface area contributed by atoms with Crippen molar-refractivity contribution in [2.75, 3.05) is 6.61 Å². The standard InChI is InChI=1S/C10H14N2O5/c1-5-3-12(10(16)11-9(5)15)8-2-6(14)7(4-13)17-8/h3,6-8,13-14H,2,4H2,1H3,(H,11,15,16)/t6-,7?,8+/m0/s1. The van der Waals surface area contributed by atoms with Gasteiger partial charge in [-0.3, -0.25) is 14.3 Å². The van der Waals surface area contributed by atoms with Crippen molar-refractivity contribution in [1.29, 1.82) is 0 Å². The topological polar surface area (TPSA) is 105 Å². The minimum atomic E-state index is -0.816. The van der Waals surface area contributed by atoms with Gasteiger partial charge in [0, 0.05) is 18.2 Å². The molecular weight excluding hydrogens is 228 g/mol. The predicted molar refractivity (Wildman–Crippen MR) is 57.7 cm³/mol. The van der Waals surface area contributed by atoms with Crippen molar-refractivity contribution in [2.45, 2.75) is 31.8 Å². The minimum absolute atomic E-state index is 0.205. The van der Waals surface area contributed by atoms with E-state index in [1.807, 2.05) is 0 Å². The number of H-pyrrole nitrogens is 1. The van der Waals surface area contributed by atoms with Gasteiger partial charge >= 0.3 is 5.69 Å². The third kappa shape index (κ3) is 2.17. The zero-order valence-electron chi connectivity index (χ0n) is 9.29. The molecule has 3 N–H and O–H groups in total. The molecule has 1 aromatic rings. The van der Waals surface area contributed by atoms with Crippen LogP contribution in [0.1, 0.15) is 18.2 Å². The highest BCUT2D eigenvalue weighted by Crippen LogP contribution is 2.27. The van der Waals surface area contributed by atoms with Crippen molar-refractivity contribution in [3.05, 3.63) is 32.6 Å². The number of nitrogens with zero attached hydrogens (tertiary/aromatic N) is 1. The maximum Gasteiger partial charge on any atom is 0.330 e. The van der Waals surface area contributed by atoms with E-state index in [1.54, 1.807) is 6.92 Å². The molecule has 1 aromatic heterocycles. The number of ether oxygens (including phenoxy) is 1. The van der Waals surface area contributed by atoms with E-state index in [4.69, 9.17) is 9.84 Å². The highest BCUT2D eigenvalue weighted by molar-refractivity contribution is 5.02. The lowest BCUT2D eigenvalue weighted by Gasteiger charge is -2.14. The summed E-state index contributed by atoms with van der Waals surface area (Å²) in [4.78, 5) is 24.9. The maximum absolute atomic E-state index is 11.6. The molecule has 17 heavy (non-hydrogen) atoms. The Hall–Kier alpha value is -1.44. The summed E-state index contributed by atoms with van der Waals surface area (Å²) in [5.41, 5.74) is -0.643. The minimum Gasteiger partial charge on any atom is -0.394 e. The second kappa shape index (κ2) is 4.44. The summed E-state index contributed by atoms with van der Waals surface area (Å²) in [7, 11) is 0. The molecule has 0 amide bonds. The number of hydrogen-bond donors (Lipinski definition) is 3. The van der Waals surface area contributed by atoms with E-state index >= 15 is 0 Å². The van der Waals surface area contributed by atoms with Crippen molar-refractivity contribution in [3.63, 3.8) is 0 Å². The van der Waals surface area contributed by atoms with Gasteiger partial charge in [-0.15, -0.1) is 0 Å². The molecule has 0 saturated carbocycles. The van der Waals surface area contributed by atoms with Crippen LogP contribution < -0.4 is 11.2 Å². The molecule has 2 heterocycles. The number of aliphatic hydroxyl groups excluding tert-OH is 2. The number of rotatable bonds is 2. The molecule has 1 aliphatic heterocycles. The zero-order valence-corrected chi connectivity index (χ0v) is 9.29. The molecule has 3 atom stereocenters. The Kier molecular flexibility index (Phi) is 3.14. The Morgan fingerprint density at radius 2 is 2.29 bits per heavy atom. The monoisotopic (exact) mass is 242 g/mol. The molecule has 7 nitrogen and oxygen atoms in total. The molecule has 94 valence electrons. The maximum atomic E-state index is 11.6. The fourth-order valence-electron chi connectivity index (χ4n) is 1.85. The lowest BCUT2D eigenvalue weighted by Crippen LogP contribution is -2.33. The van der Waals surface area contributed by atoms with Gasteiger partial charge in [0.05, 0.1) is 12.7 Å². The zero-order chi connectivity index (χ0) is 12.6. The van der Waals surface area contributed by atoms with Crippen LogP contribution in [0.5, 0.6) is 0 Å². The number of aryl methyl sites for hydroxylation is 1. The van der Waals surface area contributed by atoms with Gasteiger partial charge in [0.15, 0.2) is 0 Å². The Morgan fingerprint density at radius 1 is 1.59 bits per heavy atom. The van der Waals surface area contributed by atoms with Crippen molar-refractivity contribution in [3.8, 4) is 0 Å². The van der Waals surface area contributed by atoms with Gasteiger partial charge < -0.3 is 14.9 Å². The summed E-state index contributed by atoms with van der Waals surface area (Å²) in [6.07, 6.45) is -0.581. The summed E-state index contributed by atoms with van der Waals surface area (Å²) in [5.74, 6) is 0. The summed E-state index contributed by atoms with van der Waals surface area (Å²) in [5, 5.41) is 18.5. The van der Waals surface area contributed by atoms with Crippen molar-refractivity contribution in [2.24, 2.45) is 0 Å².